The average molecular weight is 272 g/mol. The highest BCUT2D eigenvalue weighted by Crippen LogP contribution is 2.39. The zero-order valence-corrected chi connectivity index (χ0v) is 11.3. The number of sulfonamides is 1. The number of benzene rings is 1. The maximum Gasteiger partial charge on any atom is 0.237 e. The molecule has 0 fully saturated rings. The van der Waals surface area contributed by atoms with E-state index >= 15 is 0 Å². The lowest BCUT2D eigenvalue weighted by Gasteiger charge is -2.21. The Kier molecular flexibility index (Phi) is 2.81. The molecule has 0 saturated carbocycles. The third-order valence-corrected chi connectivity index (χ3v) is 4.70. The molecular formula is C11H16N2O4S. The van der Waals surface area contributed by atoms with Crippen LogP contribution in [-0.2, 0) is 10.0 Å². The van der Waals surface area contributed by atoms with E-state index in [9.17, 15) is 8.42 Å². The van der Waals surface area contributed by atoms with Crippen molar-refractivity contribution in [3.63, 3.8) is 0 Å². The molecule has 0 spiro atoms. The summed E-state index contributed by atoms with van der Waals surface area (Å²) in [5.74, 6) is 1.00. The fourth-order valence-corrected chi connectivity index (χ4v) is 2.12. The van der Waals surface area contributed by atoms with Crippen molar-refractivity contribution < 1.29 is 17.9 Å². The summed E-state index contributed by atoms with van der Waals surface area (Å²) in [4.78, 5) is 0. The summed E-state index contributed by atoms with van der Waals surface area (Å²) in [5.41, 5.74) is 6.38. The molecule has 1 aromatic rings. The predicted molar refractivity (Wildman–Crippen MR) is 69.3 cm³/mol. The highest BCUT2D eigenvalue weighted by molar-refractivity contribution is 7.94. The van der Waals surface area contributed by atoms with E-state index < -0.39 is 14.8 Å². The first-order valence-electron chi connectivity index (χ1n) is 5.42. The van der Waals surface area contributed by atoms with Gasteiger partial charge in [0.15, 0.2) is 11.5 Å². The van der Waals surface area contributed by atoms with Crippen molar-refractivity contribution >= 4 is 21.4 Å². The Morgan fingerprint density at radius 3 is 2.33 bits per heavy atom. The number of anilines is 2. The number of nitrogens with two attached hydrogens (primary N) is 1. The number of fused-ring (bicyclic) bond motifs is 1. The first-order valence-corrected chi connectivity index (χ1v) is 6.90. The van der Waals surface area contributed by atoms with Gasteiger partial charge in [-0.1, -0.05) is 0 Å². The largest absolute Gasteiger partial charge is 0.454 e. The second-order valence-corrected chi connectivity index (χ2v) is 7.45. The van der Waals surface area contributed by atoms with Gasteiger partial charge in [0.25, 0.3) is 0 Å². The van der Waals surface area contributed by atoms with Gasteiger partial charge in [-0.15, -0.1) is 0 Å². The van der Waals surface area contributed by atoms with Crippen LogP contribution in [-0.4, -0.2) is 20.0 Å². The average Bonchev–Trinajstić information content (AvgIpc) is 2.63. The highest BCUT2D eigenvalue weighted by Gasteiger charge is 2.30. The van der Waals surface area contributed by atoms with Gasteiger partial charge in [0.1, 0.15) is 0 Å². The molecule has 7 heteroatoms. The van der Waals surface area contributed by atoms with Crippen molar-refractivity contribution in [2.45, 2.75) is 25.5 Å². The molecule has 0 bridgehead atoms. The van der Waals surface area contributed by atoms with Crippen LogP contribution in [0, 0.1) is 0 Å². The van der Waals surface area contributed by atoms with Gasteiger partial charge in [0.2, 0.25) is 16.8 Å². The van der Waals surface area contributed by atoms with Crippen molar-refractivity contribution in [1.82, 2.24) is 0 Å². The first kappa shape index (κ1) is 12.8. The Morgan fingerprint density at radius 2 is 1.78 bits per heavy atom. The van der Waals surface area contributed by atoms with Crippen molar-refractivity contribution in [1.29, 1.82) is 0 Å². The van der Waals surface area contributed by atoms with Crippen LogP contribution in [0.1, 0.15) is 20.8 Å². The lowest BCUT2D eigenvalue weighted by atomic mass is 10.2. The molecule has 100 valence electrons. The van der Waals surface area contributed by atoms with Gasteiger partial charge in [-0.3, -0.25) is 4.72 Å². The van der Waals surface area contributed by atoms with Crippen LogP contribution in [0.4, 0.5) is 11.4 Å². The Labute approximate surface area is 106 Å². The molecule has 1 aliphatic rings. The maximum atomic E-state index is 12.0. The SMILES string of the molecule is CC(C)(C)S(=O)(=O)Nc1cc2c(cc1N)OCO2. The van der Waals surface area contributed by atoms with Gasteiger partial charge in [-0.25, -0.2) is 8.42 Å². The molecule has 6 nitrogen and oxygen atoms in total. The predicted octanol–water partition coefficient (Wildman–Crippen LogP) is 1.54. The second kappa shape index (κ2) is 3.94. The standard InChI is InChI=1S/C11H16N2O4S/c1-11(2,3)18(14,15)13-8-5-10-9(4-7(8)12)16-6-17-10/h4-5,13H,6,12H2,1-3H3. The lowest BCUT2D eigenvalue weighted by Crippen LogP contribution is -2.33. The molecule has 0 saturated heterocycles. The van der Waals surface area contributed by atoms with Crippen LogP contribution >= 0.6 is 0 Å². The van der Waals surface area contributed by atoms with Gasteiger partial charge in [0.05, 0.1) is 16.1 Å². The first-order chi connectivity index (χ1) is 8.21. The fraction of sp³-hybridized carbons (Fsp3) is 0.455. The van der Waals surface area contributed by atoms with Crippen LogP contribution in [0.5, 0.6) is 11.5 Å². The number of rotatable bonds is 2. The van der Waals surface area contributed by atoms with Crippen LogP contribution in [0.2, 0.25) is 0 Å². The molecule has 0 atom stereocenters. The summed E-state index contributed by atoms with van der Waals surface area (Å²) < 4.78 is 36.0. The zero-order valence-electron chi connectivity index (χ0n) is 10.5. The Balaban J connectivity index is 2.37. The molecule has 1 heterocycles. The minimum Gasteiger partial charge on any atom is -0.454 e. The van der Waals surface area contributed by atoms with Crippen LogP contribution in [0.3, 0.4) is 0 Å². The molecule has 0 aromatic heterocycles. The van der Waals surface area contributed by atoms with Gasteiger partial charge in [-0.05, 0) is 20.8 Å². The summed E-state index contributed by atoms with van der Waals surface area (Å²) in [6, 6.07) is 3.07. The number of nitrogens with one attached hydrogen (secondary N) is 1. The molecular weight excluding hydrogens is 256 g/mol. The summed E-state index contributed by atoms with van der Waals surface area (Å²) in [6.07, 6.45) is 0. The van der Waals surface area contributed by atoms with E-state index in [1.807, 2.05) is 0 Å². The summed E-state index contributed by atoms with van der Waals surface area (Å²) in [5, 5.41) is 0. The van der Waals surface area contributed by atoms with E-state index in [2.05, 4.69) is 4.72 Å². The third-order valence-electron chi connectivity index (χ3n) is 2.60. The maximum absolute atomic E-state index is 12.0. The monoisotopic (exact) mass is 272 g/mol. The third kappa shape index (κ3) is 2.17. The van der Waals surface area contributed by atoms with Crippen molar-refractivity contribution in [3.8, 4) is 11.5 Å². The molecule has 0 amide bonds. The minimum atomic E-state index is -3.52. The molecule has 18 heavy (non-hydrogen) atoms. The van der Waals surface area contributed by atoms with Crippen molar-refractivity contribution in [2.75, 3.05) is 17.2 Å². The molecule has 0 radical (unpaired) electrons. The second-order valence-electron chi connectivity index (χ2n) is 5.01. The number of ether oxygens (including phenoxy) is 2. The van der Waals surface area contributed by atoms with Crippen LogP contribution in [0.25, 0.3) is 0 Å². The summed E-state index contributed by atoms with van der Waals surface area (Å²) in [6.45, 7) is 4.94. The van der Waals surface area contributed by atoms with Gasteiger partial charge >= 0.3 is 0 Å². The molecule has 1 aliphatic heterocycles. The fourth-order valence-electron chi connectivity index (χ4n) is 1.34. The van der Waals surface area contributed by atoms with Crippen molar-refractivity contribution in [3.05, 3.63) is 12.1 Å². The normalized spacial score (nSPS) is 14.6. The molecule has 0 unspecified atom stereocenters. The van der Waals surface area contributed by atoms with E-state index in [0.717, 1.165) is 0 Å². The molecule has 2 rings (SSSR count). The topological polar surface area (TPSA) is 90.7 Å². The van der Waals surface area contributed by atoms with Gasteiger partial charge < -0.3 is 15.2 Å². The van der Waals surface area contributed by atoms with E-state index in [0.29, 0.717) is 22.9 Å². The number of hydrogen-bond donors (Lipinski definition) is 2. The smallest absolute Gasteiger partial charge is 0.237 e. The number of nitrogen functional groups attached to an aromatic ring is 1. The van der Waals surface area contributed by atoms with Crippen LogP contribution < -0.4 is 19.9 Å². The van der Waals surface area contributed by atoms with E-state index in [1.54, 1.807) is 26.8 Å². The lowest BCUT2D eigenvalue weighted by molar-refractivity contribution is 0.174. The van der Waals surface area contributed by atoms with Crippen molar-refractivity contribution in [2.24, 2.45) is 0 Å². The quantitative estimate of drug-likeness (QED) is 0.797. The Hall–Kier alpha value is -1.63. The van der Waals surface area contributed by atoms with E-state index in [-0.39, 0.29) is 6.79 Å². The molecule has 0 aliphatic carbocycles. The van der Waals surface area contributed by atoms with Gasteiger partial charge in [0, 0.05) is 12.1 Å². The summed E-state index contributed by atoms with van der Waals surface area (Å²) in [7, 11) is -3.52. The molecule has 3 N–H and O–H groups in total. The van der Waals surface area contributed by atoms with E-state index in [1.165, 1.54) is 6.07 Å². The van der Waals surface area contributed by atoms with Gasteiger partial charge in [-0.2, -0.15) is 0 Å². The number of hydrogen-bond acceptors (Lipinski definition) is 5. The van der Waals surface area contributed by atoms with E-state index in [4.69, 9.17) is 15.2 Å². The highest BCUT2D eigenvalue weighted by atomic mass is 32.2. The summed E-state index contributed by atoms with van der Waals surface area (Å²) >= 11 is 0. The Bertz CT molecular complexity index is 575. The molecule has 1 aromatic carbocycles. The zero-order chi connectivity index (χ0) is 13.6. The Morgan fingerprint density at radius 1 is 1.22 bits per heavy atom. The minimum absolute atomic E-state index is 0.115. The van der Waals surface area contributed by atoms with Crippen LogP contribution in [0.15, 0.2) is 12.1 Å².